The molecule has 1 saturated carbocycles. The molecule has 0 bridgehead atoms. The summed E-state index contributed by atoms with van der Waals surface area (Å²) in [5.41, 5.74) is 3.04. The molecule has 2 atom stereocenters. The molecule has 1 amide bonds. The molecule has 0 spiro atoms. The Hall–Kier alpha value is -1.51. The van der Waals surface area contributed by atoms with Gasteiger partial charge < -0.3 is 10.2 Å². The van der Waals surface area contributed by atoms with Gasteiger partial charge in [0.2, 0.25) is 0 Å². The van der Waals surface area contributed by atoms with Gasteiger partial charge in [0.25, 0.3) is 5.91 Å². The highest BCUT2D eigenvalue weighted by Gasteiger charge is 2.38. The SMILES string of the molecule is CCCNc1cc(C)ccc1C(=O)N1CC2CCCC2C1. The third-order valence-corrected chi connectivity index (χ3v) is 4.98. The second kappa shape index (κ2) is 6.08. The molecule has 2 fully saturated rings. The van der Waals surface area contributed by atoms with E-state index in [1.807, 2.05) is 12.1 Å². The van der Waals surface area contributed by atoms with Crippen molar-refractivity contribution >= 4 is 11.6 Å². The summed E-state index contributed by atoms with van der Waals surface area (Å²) in [5.74, 6) is 1.72. The predicted octanol–water partition coefficient (Wildman–Crippen LogP) is 3.69. The third kappa shape index (κ3) is 2.92. The van der Waals surface area contributed by atoms with Gasteiger partial charge in [-0.3, -0.25) is 4.79 Å². The molecular formula is C18H26N2O. The van der Waals surface area contributed by atoms with E-state index in [0.717, 1.165) is 49.1 Å². The Morgan fingerprint density at radius 3 is 2.67 bits per heavy atom. The molecular weight excluding hydrogens is 260 g/mol. The maximum Gasteiger partial charge on any atom is 0.255 e. The first-order valence-electron chi connectivity index (χ1n) is 8.33. The maximum atomic E-state index is 12.9. The molecule has 0 aromatic heterocycles. The lowest BCUT2D eigenvalue weighted by atomic mass is 10.0. The number of nitrogens with zero attached hydrogens (tertiary/aromatic N) is 1. The van der Waals surface area contributed by atoms with Crippen molar-refractivity contribution in [3.05, 3.63) is 29.3 Å². The van der Waals surface area contributed by atoms with Gasteiger partial charge in [0, 0.05) is 25.3 Å². The highest BCUT2D eigenvalue weighted by Crippen LogP contribution is 2.38. The summed E-state index contributed by atoms with van der Waals surface area (Å²) in [6.45, 7) is 7.06. The quantitative estimate of drug-likeness (QED) is 0.915. The van der Waals surface area contributed by atoms with Crippen LogP contribution in [-0.4, -0.2) is 30.4 Å². The molecule has 3 rings (SSSR count). The average Bonchev–Trinajstić information content (AvgIpc) is 3.05. The fourth-order valence-corrected chi connectivity index (χ4v) is 3.82. The van der Waals surface area contributed by atoms with Gasteiger partial charge in [0.05, 0.1) is 5.56 Å². The Morgan fingerprint density at radius 1 is 1.29 bits per heavy atom. The number of fused-ring (bicyclic) bond motifs is 1. The van der Waals surface area contributed by atoms with Gasteiger partial charge in [0.1, 0.15) is 0 Å². The van der Waals surface area contributed by atoms with Crippen LogP contribution >= 0.6 is 0 Å². The van der Waals surface area contributed by atoms with Gasteiger partial charge in [-0.15, -0.1) is 0 Å². The molecule has 1 aromatic carbocycles. The number of carbonyl (C=O) groups is 1. The van der Waals surface area contributed by atoms with Crippen molar-refractivity contribution in [2.24, 2.45) is 11.8 Å². The minimum Gasteiger partial charge on any atom is -0.384 e. The summed E-state index contributed by atoms with van der Waals surface area (Å²) in [6, 6.07) is 6.13. The second-order valence-corrected chi connectivity index (χ2v) is 6.64. The van der Waals surface area contributed by atoms with Crippen LogP contribution in [0, 0.1) is 18.8 Å². The van der Waals surface area contributed by atoms with E-state index >= 15 is 0 Å². The standard InChI is InChI=1S/C18H26N2O/c1-3-9-19-17-10-13(2)7-8-16(17)18(21)20-11-14-5-4-6-15(14)12-20/h7-8,10,14-15,19H,3-6,9,11-12H2,1-2H3. The molecule has 1 aliphatic heterocycles. The van der Waals surface area contributed by atoms with E-state index < -0.39 is 0 Å². The number of likely N-dealkylation sites (tertiary alicyclic amines) is 1. The Kier molecular flexibility index (Phi) is 4.18. The maximum absolute atomic E-state index is 12.9. The number of anilines is 1. The molecule has 1 aromatic rings. The Labute approximate surface area is 127 Å². The average molecular weight is 286 g/mol. The van der Waals surface area contributed by atoms with Crippen LogP contribution in [0.25, 0.3) is 0 Å². The summed E-state index contributed by atoms with van der Waals surface area (Å²) in [7, 11) is 0. The molecule has 0 radical (unpaired) electrons. The molecule has 21 heavy (non-hydrogen) atoms. The second-order valence-electron chi connectivity index (χ2n) is 6.64. The fraction of sp³-hybridized carbons (Fsp3) is 0.611. The summed E-state index contributed by atoms with van der Waals surface area (Å²) in [5, 5.41) is 3.41. The number of benzene rings is 1. The van der Waals surface area contributed by atoms with Crippen LogP contribution in [-0.2, 0) is 0 Å². The molecule has 1 heterocycles. The van der Waals surface area contributed by atoms with E-state index in [4.69, 9.17) is 0 Å². The Bertz CT molecular complexity index is 514. The van der Waals surface area contributed by atoms with Crippen molar-refractivity contribution in [3.63, 3.8) is 0 Å². The zero-order valence-corrected chi connectivity index (χ0v) is 13.2. The molecule has 3 heteroatoms. The number of amides is 1. The number of rotatable bonds is 4. The molecule has 114 valence electrons. The Morgan fingerprint density at radius 2 is 2.00 bits per heavy atom. The zero-order valence-electron chi connectivity index (χ0n) is 13.2. The lowest BCUT2D eigenvalue weighted by molar-refractivity contribution is 0.0781. The van der Waals surface area contributed by atoms with Gasteiger partial charge in [-0.05, 0) is 55.7 Å². The van der Waals surface area contributed by atoms with Gasteiger partial charge in [-0.1, -0.05) is 19.4 Å². The number of hydrogen-bond acceptors (Lipinski definition) is 2. The van der Waals surface area contributed by atoms with Crippen LogP contribution in [0.4, 0.5) is 5.69 Å². The normalized spacial score (nSPS) is 24.2. The molecule has 3 nitrogen and oxygen atoms in total. The molecule has 2 unspecified atom stereocenters. The van der Waals surface area contributed by atoms with Gasteiger partial charge in [-0.25, -0.2) is 0 Å². The molecule has 1 aliphatic carbocycles. The van der Waals surface area contributed by atoms with Crippen LogP contribution in [0.3, 0.4) is 0 Å². The highest BCUT2D eigenvalue weighted by molar-refractivity contribution is 6.00. The minimum atomic E-state index is 0.211. The monoisotopic (exact) mass is 286 g/mol. The largest absolute Gasteiger partial charge is 0.384 e. The smallest absolute Gasteiger partial charge is 0.255 e. The topological polar surface area (TPSA) is 32.3 Å². The van der Waals surface area contributed by atoms with Crippen LogP contribution in [0.1, 0.15) is 48.5 Å². The van der Waals surface area contributed by atoms with E-state index in [0.29, 0.717) is 0 Å². The summed E-state index contributed by atoms with van der Waals surface area (Å²) in [6.07, 6.45) is 5.03. The lowest BCUT2D eigenvalue weighted by Crippen LogP contribution is -2.30. The van der Waals surface area contributed by atoms with E-state index in [1.54, 1.807) is 0 Å². The fourth-order valence-electron chi connectivity index (χ4n) is 3.82. The van der Waals surface area contributed by atoms with Crippen LogP contribution < -0.4 is 5.32 Å². The molecule has 2 aliphatic rings. The van der Waals surface area contributed by atoms with Crippen molar-refractivity contribution in [1.82, 2.24) is 4.90 Å². The van der Waals surface area contributed by atoms with Crippen molar-refractivity contribution in [1.29, 1.82) is 0 Å². The van der Waals surface area contributed by atoms with Crippen molar-refractivity contribution in [2.45, 2.75) is 39.5 Å². The summed E-state index contributed by atoms with van der Waals surface area (Å²) >= 11 is 0. The van der Waals surface area contributed by atoms with E-state index in [1.165, 1.54) is 24.8 Å². The van der Waals surface area contributed by atoms with Crippen molar-refractivity contribution in [2.75, 3.05) is 25.0 Å². The van der Waals surface area contributed by atoms with Gasteiger partial charge >= 0.3 is 0 Å². The van der Waals surface area contributed by atoms with Crippen molar-refractivity contribution < 1.29 is 4.79 Å². The number of hydrogen-bond donors (Lipinski definition) is 1. The van der Waals surface area contributed by atoms with Crippen LogP contribution in [0.5, 0.6) is 0 Å². The summed E-state index contributed by atoms with van der Waals surface area (Å²) < 4.78 is 0. The number of carbonyl (C=O) groups excluding carboxylic acids is 1. The van der Waals surface area contributed by atoms with E-state index in [2.05, 4.69) is 30.1 Å². The van der Waals surface area contributed by atoms with Crippen LogP contribution in [0.15, 0.2) is 18.2 Å². The van der Waals surface area contributed by atoms with Crippen molar-refractivity contribution in [3.8, 4) is 0 Å². The lowest BCUT2D eigenvalue weighted by Gasteiger charge is -2.20. The third-order valence-electron chi connectivity index (χ3n) is 4.98. The minimum absolute atomic E-state index is 0.211. The first-order chi connectivity index (χ1) is 10.2. The number of nitrogens with one attached hydrogen (secondary N) is 1. The first kappa shape index (κ1) is 14.4. The van der Waals surface area contributed by atoms with Gasteiger partial charge in [-0.2, -0.15) is 0 Å². The zero-order chi connectivity index (χ0) is 14.8. The summed E-state index contributed by atoms with van der Waals surface area (Å²) in [4.78, 5) is 14.9. The predicted molar refractivity (Wildman–Crippen MR) is 86.7 cm³/mol. The van der Waals surface area contributed by atoms with Crippen LogP contribution in [0.2, 0.25) is 0 Å². The highest BCUT2D eigenvalue weighted by atomic mass is 16.2. The first-order valence-corrected chi connectivity index (χ1v) is 8.33. The molecule has 1 N–H and O–H groups in total. The van der Waals surface area contributed by atoms with E-state index in [9.17, 15) is 4.79 Å². The number of aryl methyl sites for hydroxylation is 1. The van der Waals surface area contributed by atoms with E-state index in [-0.39, 0.29) is 5.91 Å². The van der Waals surface area contributed by atoms with Gasteiger partial charge in [0.15, 0.2) is 0 Å². The Balaban J connectivity index is 1.77. The molecule has 1 saturated heterocycles.